The summed E-state index contributed by atoms with van der Waals surface area (Å²) in [4.78, 5) is 12.0. The number of benzene rings is 1. The lowest BCUT2D eigenvalue weighted by atomic mass is 10.3. The van der Waals surface area contributed by atoms with E-state index in [0.717, 1.165) is 30.7 Å². The number of thioether (sulfide) groups is 1. The van der Waals surface area contributed by atoms with Gasteiger partial charge in [-0.15, -0.1) is 11.8 Å². The van der Waals surface area contributed by atoms with Crippen molar-refractivity contribution in [1.29, 1.82) is 0 Å². The number of hydrogen-bond donors (Lipinski definition) is 1. The third-order valence-corrected chi connectivity index (χ3v) is 4.07. The van der Waals surface area contributed by atoms with Gasteiger partial charge in [-0.2, -0.15) is 0 Å². The van der Waals surface area contributed by atoms with Crippen molar-refractivity contribution < 1.29 is 18.3 Å². The maximum Gasteiger partial charge on any atom is 0.319 e. The van der Waals surface area contributed by atoms with Crippen molar-refractivity contribution in [2.24, 2.45) is 0 Å². The first kappa shape index (κ1) is 16.8. The number of nitrogen functional groups attached to an aromatic ring is 1. The van der Waals surface area contributed by atoms with Crippen LogP contribution in [0.3, 0.4) is 0 Å². The van der Waals surface area contributed by atoms with E-state index in [9.17, 15) is 13.6 Å². The van der Waals surface area contributed by atoms with Crippen LogP contribution < -0.4 is 5.73 Å². The Bertz CT molecular complexity index is 469. The number of hydrogen-bond acceptors (Lipinski definition) is 4. The molecule has 0 aromatic heterocycles. The molecule has 0 bridgehead atoms. The van der Waals surface area contributed by atoms with Gasteiger partial charge >= 0.3 is 5.97 Å². The van der Waals surface area contributed by atoms with Gasteiger partial charge in [-0.3, -0.25) is 4.79 Å². The lowest BCUT2D eigenvalue weighted by Gasteiger charge is -2.14. The summed E-state index contributed by atoms with van der Waals surface area (Å²) in [6.07, 6.45) is 2.22. The highest BCUT2D eigenvalue weighted by molar-refractivity contribution is 8.00. The van der Waals surface area contributed by atoms with Crippen LogP contribution in [0.1, 0.15) is 33.1 Å². The van der Waals surface area contributed by atoms with E-state index in [1.165, 1.54) is 6.07 Å². The van der Waals surface area contributed by atoms with Crippen LogP contribution in [-0.4, -0.2) is 17.8 Å². The molecule has 112 valence electrons. The average molecular weight is 303 g/mol. The number of rotatable bonds is 7. The molecule has 0 fully saturated rings. The molecule has 3 nitrogen and oxygen atoms in total. The summed E-state index contributed by atoms with van der Waals surface area (Å²) in [5.74, 6) is -1.90. The maximum atomic E-state index is 13.6. The zero-order valence-electron chi connectivity index (χ0n) is 11.6. The summed E-state index contributed by atoms with van der Waals surface area (Å²) in [6.45, 7) is 4.17. The van der Waals surface area contributed by atoms with Crippen LogP contribution in [0.4, 0.5) is 14.5 Å². The highest BCUT2D eigenvalue weighted by Crippen LogP contribution is 2.31. The fourth-order valence-corrected chi connectivity index (χ4v) is 2.50. The summed E-state index contributed by atoms with van der Waals surface area (Å²) in [7, 11) is 0. The van der Waals surface area contributed by atoms with Crippen LogP contribution in [0.5, 0.6) is 0 Å². The van der Waals surface area contributed by atoms with E-state index < -0.39 is 16.9 Å². The normalized spacial score (nSPS) is 12.2. The number of anilines is 1. The SMILES string of the molecule is CCCCOC(=O)C(CC)Sc1cc(N)c(F)cc1F. The molecule has 0 aliphatic rings. The molecule has 0 aliphatic heterocycles. The lowest BCUT2D eigenvalue weighted by molar-refractivity contribution is -0.143. The largest absolute Gasteiger partial charge is 0.465 e. The number of unbranched alkanes of at least 4 members (excludes halogenated alkanes) is 1. The quantitative estimate of drug-likeness (QED) is 0.361. The van der Waals surface area contributed by atoms with Crippen LogP contribution in [0.25, 0.3) is 0 Å². The van der Waals surface area contributed by atoms with Crippen molar-refractivity contribution in [2.45, 2.75) is 43.3 Å². The lowest BCUT2D eigenvalue weighted by Crippen LogP contribution is -2.20. The van der Waals surface area contributed by atoms with Crippen molar-refractivity contribution in [2.75, 3.05) is 12.3 Å². The number of carbonyl (C=O) groups is 1. The van der Waals surface area contributed by atoms with Crippen molar-refractivity contribution in [3.8, 4) is 0 Å². The van der Waals surface area contributed by atoms with E-state index in [4.69, 9.17) is 10.5 Å². The Labute approximate surface area is 121 Å². The first-order valence-corrected chi connectivity index (χ1v) is 7.45. The number of carbonyl (C=O) groups excluding carboxylic acids is 1. The second kappa shape index (κ2) is 8.09. The first-order valence-electron chi connectivity index (χ1n) is 6.57. The molecule has 2 N–H and O–H groups in total. The van der Waals surface area contributed by atoms with Gasteiger partial charge < -0.3 is 10.5 Å². The molecule has 0 radical (unpaired) electrons. The monoisotopic (exact) mass is 303 g/mol. The van der Waals surface area contributed by atoms with E-state index in [1.807, 2.05) is 13.8 Å². The molecule has 0 saturated heterocycles. The Morgan fingerprint density at radius 1 is 1.35 bits per heavy atom. The average Bonchev–Trinajstić information content (AvgIpc) is 2.41. The Morgan fingerprint density at radius 3 is 2.65 bits per heavy atom. The molecule has 1 aromatic carbocycles. The van der Waals surface area contributed by atoms with Gasteiger partial charge in [0.25, 0.3) is 0 Å². The molecule has 0 aliphatic carbocycles. The van der Waals surface area contributed by atoms with Crippen molar-refractivity contribution >= 4 is 23.4 Å². The summed E-state index contributed by atoms with van der Waals surface area (Å²) in [5, 5.41) is -0.522. The molecule has 0 saturated carbocycles. The van der Waals surface area contributed by atoms with Crippen LogP contribution >= 0.6 is 11.8 Å². The van der Waals surface area contributed by atoms with Gasteiger partial charge in [-0.05, 0) is 18.9 Å². The molecule has 0 heterocycles. The van der Waals surface area contributed by atoms with Crippen molar-refractivity contribution in [1.82, 2.24) is 0 Å². The van der Waals surface area contributed by atoms with Crippen LogP contribution in [0.2, 0.25) is 0 Å². The maximum absolute atomic E-state index is 13.6. The highest BCUT2D eigenvalue weighted by Gasteiger charge is 2.21. The predicted octanol–water partition coefficient (Wildman–Crippen LogP) is 3.76. The molecule has 1 aromatic rings. The fraction of sp³-hybridized carbons (Fsp3) is 0.500. The molecule has 0 amide bonds. The minimum atomic E-state index is -0.801. The van der Waals surface area contributed by atoms with Crippen LogP contribution in [0.15, 0.2) is 17.0 Å². The number of nitrogens with two attached hydrogens (primary N) is 1. The summed E-state index contributed by atoms with van der Waals surface area (Å²) < 4.78 is 31.8. The molecule has 1 unspecified atom stereocenters. The number of ether oxygens (including phenoxy) is 1. The minimum absolute atomic E-state index is 0.136. The van der Waals surface area contributed by atoms with Gasteiger partial charge in [0.1, 0.15) is 16.9 Å². The molecule has 1 rings (SSSR count). The number of esters is 1. The van der Waals surface area contributed by atoms with E-state index >= 15 is 0 Å². The van der Waals surface area contributed by atoms with Gasteiger partial charge in [-0.1, -0.05) is 20.3 Å². The third-order valence-electron chi connectivity index (χ3n) is 2.70. The Morgan fingerprint density at radius 2 is 2.05 bits per heavy atom. The minimum Gasteiger partial charge on any atom is -0.465 e. The van der Waals surface area contributed by atoms with E-state index in [0.29, 0.717) is 13.0 Å². The second-order valence-corrected chi connectivity index (χ2v) is 5.58. The highest BCUT2D eigenvalue weighted by atomic mass is 32.2. The van der Waals surface area contributed by atoms with Crippen molar-refractivity contribution in [3.05, 3.63) is 23.8 Å². The van der Waals surface area contributed by atoms with E-state index in [-0.39, 0.29) is 16.6 Å². The molecular formula is C14H19F2NO2S. The summed E-state index contributed by atoms with van der Waals surface area (Å²) in [5.41, 5.74) is 5.27. The number of halogens is 2. The van der Waals surface area contributed by atoms with Gasteiger partial charge in [0, 0.05) is 11.0 Å². The van der Waals surface area contributed by atoms with Crippen LogP contribution in [-0.2, 0) is 9.53 Å². The van der Waals surface area contributed by atoms with E-state index in [2.05, 4.69) is 0 Å². The topological polar surface area (TPSA) is 52.3 Å². The molecular weight excluding hydrogens is 284 g/mol. The molecule has 1 atom stereocenters. The van der Waals surface area contributed by atoms with Gasteiger partial charge in [-0.25, -0.2) is 8.78 Å². The Kier molecular flexibility index (Phi) is 6.78. The fourth-order valence-electron chi connectivity index (χ4n) is 1.50. The predicted molar refractivity (Wildman–Crippen MR) is 76.6 cm³/mol. The van der Waals surface area contributed by atoms with Crippen LogP contribution in [0, 0.1) is 11.6 Å². The third kappa shape index (κ3) is 4.67. The molecule has 20 heavy (non-hydrogen) atoms. The van der Waals surface area contributed by atoms with Gasteiger partial charge in [0.05, 0.1) is 12.3 Å². The van der Waals surface area contributed by atoms with Crippen molar-refractivity contribution in [3.63, 3.8) is 0 Å². The smallest absolute Gasteiger partial charge is 0.319 e. The molecule has 6 heteroatoms. The Balaban J connectivity index is 2.73. The summed E-state index contributed by atoms with van der Waals surface area (Å²) >= 11 is 1.01. The standard InChI is InChI=1S/C14H19F2NO2S/c1-3-5-6-19-14(18)12(4-2)20-13-8-11(17)9(15)7-10(13)16/h7-8,12H,3-6,17H2,1-2H3. The first-order chi connectivity index (χ1) is 9.49. The zero-order chi connectivity index (χ0) is 15.1. The second-order valence-electron chi connectivity index (χ2n) is 4.34. The molecule has 0 spiro atoms. The van der Waals surface area contributed by atoms with Gasteiger partial charge in [0.15, 0.2) is 0 Å². The summed E-state index contributed by atoms with van der Waals surface area (Å²) in [6, 6.07) is 1.93. The van der Waals surface area contributed by atoms with E-state index in [1.54, 1.807) is 0 Å². The Hall–Kier alpha value is -1.30. The zero-order valence-corrected chi connectivity index (χ0v) is 12.4. The van der Waals surface area contributed by atoms with Gasteiger partial charge in [0.2, 0.25) is 0 Å².